The van der Waals surface area contributed by atoms with E-state index in [-0.39, 0.29) is 6.61 Å². The van der Waals surface area contributed by atoms with Gasteiger partial charge in [-0.3, -0.25) is 0 Å². The van der Waals surface area contributed by atoms with Crippen LogP contribution in [0.15, 0.2) is 23.3 Å². The predicted molar refractivity (Wildman–Crippen MR) is 63.2 cm³/mol. The standard InChI is InChI=1S/C9H9Cl2N3O2/c10-6-1-2-8(7(11)5-6)16-4-3-13-14-9(12)15/h1-3,5H,4H2,(H3,12,14,15). The van der Waals surface area contributed by atoms with E-state index in [9.17, 15) is 4.79 Å². The van der Waals surface area contributed by atoms with Crippen molar-refractivity contribution in [2.75, 3.05) is 6.61 Å². The van der Waals surface area contributed by atoms with Crippen LogP contribution in [0.5, 0.6) is 5.75 Å². The normalized spacial score (nSPS) is 10.4. The van der Waals surface area contributed by atoms with Crippen molar-refractivity contribution in [3.8, 4) is 5.75 Å². The molecule has 0 aliphatic rings. The van der Waals surface area contributed by atoms with Crippen molar-refractivity contribution in [2.45, 2.75) is 0 Å². The predicted octanol–water partition coefficient (Wildman–Crippen LogP) is 2.03. The molecule has 0 unspecified atom stereocenters. The van der Waals surface area contributed by atoms with Crippen LogP contribution in [0.25, 0.3) is 0 Å². The molecule has 3 N–H and O–H groups in total. The molecule has 0 heterocycles. The van der Waals surface area contributed by atoms with Crippen LogP contribution in [0.2, 0.25) is 10.0 Å². The van der Waals surface area contributed by atoms with Gasteiger partial charge in [-0.25, -0.2) is 10.2 Å². The van der Waals surface area contributed by atoms with Gasteiger partial charge in [0.15, 0.2) is 0 Å². The topological polar surface area (TPSA) is 76.7 Å². The Kier molecular flexibility index (Phi) is 4.88. The molecule has 16 heavy (non-hydrogen) atoms. The average Bonchev–Trinajstić information content (AvgIpc) is 2.20. The smallest absolute Gasteiger partial charge is 0.332 e. The maximum absolute atomic E-state index is 10.2. The van der Waals surface area contributed by atoms with Gasteiger partial charge in [0.05, 0.1) is 11.2 Å². The van der Waals surface area contributed by atoms with Gasteiger partial charge < -0.3 is 10.5 Å². The Hall–Kier alpha value is -1.46. The van der Waals surface area contributed by atoms with Gasteiger partial charge >= 0.3 is 6.03 Å². The number of nitrogens with one attached hydrogen (secondary N) is 1. The molecule has 0 spiro atoms. The monoisotopic (exact) mass is 261 g/mol. The molecule has 0 radical (unpaired) electrons. The van der Waals surface area contributed by atoms with E-state index in [0.717, 1.165) is 0 Å². The summed E-state index contributed by atoms with van der Waals surface area (Å²) >= 11 is 11.6. The molecule has 0 bridgehead atoms. The van der Waals surface area contributed by atoms with Gasteiger partial charge in [-0.05, 0) is 18.2 Å². The number of hydrazone groups is 1. The summed E-state index contributed by atoms with van der Waals surface area (Å²) < 4.78 is 5.24. The van der Waals surface area contributed by atoms with E-state index in [4.69, 9.17) is 33.7 Å². The number of carbonyl (C=O) groups is 1. The molecule has 0 aliphatic heterocycles. The highest BCUT2D eigenvalue weighted by Crippen LogP contribution is 2.27. The van der Waals surface area contributed by atoms with Gasteiger partial charge in [0.1, 0.15) is 12.4 Å². The summed E-state index contributed by atoms with van der Waals surface area (Å²) in [6, 6.07) is 4.12. The van der Waals surface area contributed by atoms with Crippen LogP contribution in [-0.2, 0) is 0 Å². The molecule has 7 heteroatoms. The molecule has 86 valence electrons. The first-order valence-corrected chi connectivity index (χ1v) is 5.00. The first-order valence-electron chi connectivity index (χ1n) is 4.24. The zero-order chi connectivity index (χ0) is 12.0. The Labute approximate surface area is 102 Å². The molecular formula is C9H9Cl2N3O2. The minimum Gasteiger partial charge on any atom is -0.486 e. The summed E-state index contributed by atoms with van der Waals surface area (Å²) in [7, 11) is 0. The summed E-state index contributed by atoms with van der Waals surface area (Å²) in [6.45, 7) is 0.154. The number of ether oxygens (including phenoxy) is 1. The average molecular weight is 262 g/mol. The molecule has 2 amide bonds. The second-order valence-corrected chi connectivity index (χ2v) is 3.52. The second-order valence-electron chi connectivity index (χ2n) is 2.67. The number of hydrogen-bond donors (Lipinski definition) is 2. The molecule has 0 fully saturated rings. The number of urea groups is 1. The summed E-state index contributed by atoms with van der Waals surface area (Å²) in [5.41, 5.74) is 6.82. The number of nitrogens with zero attached hydrogens (tertiary/aromatic N) is 1. The Morgan fingerprint density at radius 2 is 2.31 bits per heavy atom. The zero-order valence-electron chi connectivity index (χ0n) is 8.11. The first-order chi connectivity index (χ1) is 7.59. The third kappa shape index (κ3) is 4.37. The maximum atomic E-state index is 10.2. The minimum absolute atomic E-state index is 0.154. The first kappa shape index (κ1) is 12.6. The lowest BCUT2D eigenvalue weighted by atomic mass is 10.3. The van der Waals surface area contributed by atoms with E-state index >= 15 is 0 Å². The van der Waals surface area contributed by atoms with Crippen LogP contribution in [0, 0.1) is 0 Å². The molecule has 5 nitrogen and oxygen atoms in total. The fraction of sp³-hybridized carbons (Fsp3) is 0.111. The molecule has 1 aromatic rings. The minimum atomic E-state index is -0.735. The molecule has 0 aliphatic carbocycles. The molecule has 0 atom stereocenters. The lowest BCUT2D eigenvalue weighted by molar-refractivity contribution is 0.249. The van der Waals surface area contributed by atoms with E-state index < -0.39 is 6.03 Å². The van der Waals surface area contributed by atoms with Gasteiger partial charge in [0.25, 0.3) is 0 Å². The number of hydrogen-bond acceptors (Lipinski definition) is 3. The van der Waals surface area contributed by atoms with E-state index in [1.165, 1.54) is 6.21 Å². The Morgan fingerprint density at radius 1 is 1.56 bits per heavy atom. The quantitative estimate of drug-likeness (QED) is 0.643. The van der Waals surface area contributed by atoms with Gasteiger partial charge in [0.2, 0.25) is 0 Å². The highest BCUT2D eigenvalue weighted by Gasteiger charge is 2.00. The summed E-state index contributed by atoms with van der Waals surface area (Å²) in [4.78, 5) is 10.2. The van der Waals surface area contributed by atoms with Gasteiger partial charge in [-0.2, -0.15) is 5.10 Å². The van der Waals surface area contributed by atoms with Gasteiger partial charge in [-0.1, -0.05) is 23.2 Å². The van der Waals surface area contributed by atoms with E-state index in [2.05, 4.69) is 5.10 Å². The number of benzene rings is 1. The lowest BCUT2D eigenvalue weighted by Crippen LogP contribution is -2.24. The summed E-state index contributed by atoms with van der Waals surface area (Å²) in [5, 5.41) is 4.42. The number of rotatable bonds is 4. The Morgan fingerprint density at radius 3 is 2.94 bits per heavy atom. The third-order valence-electron chi connectivity index (χ3n) is 1.47. The highest BCUT2D eigenvalue weighted by molar-refractivity contribution is 6.35. The molecule has 0 aromatic heterocycles. The van der Waals surface area contributed by atoms with Crippen LogP contribution in [0.1, 0.15) is 0 Å². The van der Waals surface area contributed by atoms with Crippen molar-refractivity contribution in [1.82, 2.24) is 5.43 Å². The Bertz CT molecular complexity index is 410. The molecule has 0 saturated heterocycles. The number of halogens is 2. The van der Waals surface area contributed by atoms with Crippen molar-refractivity contribution in [2.24, 2.45) is 10.8 Å². The van der Waals surface area contributed by atoms with Crippen LogP contribution in [-0.4, -0.2) is 18.9 Å². The highest BCUT2D eigenvalue weighted by atomic mass is 35.5. The molecule has 1 rings (SSSR count). The number of amides is 2. The van der Waals surface area contributed by atoms with Crippen molar-refractivity contribution in [1.29, 1.82) is 0 Å². The molecule has 0 saturated carbocycles. The van der Waals surface area contributed by atoms with Crippen molar-refractivity contribution >= 4 is 35.4 Å². The molecule has 1 aromatic carbocycles. The third-order valence-corrected chi connectivity index (χ3v) is 2.00. The van der Waals surface area contributed by atoms with E-state index in [1.807, 2.05) is 5.43 Å². The number of nitrogens with two attached hydrogens (primary N) is 1. The van der Waals surface area contributed by atoms with Crippen molar-refractivity contribution in [3.63, 3.8) is 0 Å². The van der Waals surface area contributed by atoms with Crippen molar-refractivity contribution < 1.29 is 9.53 Å². The van der Waals surface area contributed by atoms with E-state index in [1.54, 1.807) is 18.2 Å². The summed E-state index contributed by atoms with van der Waals surface area (Å²) in [6.07, 6.45) is 1.34. The van der Waals surface area contributed by atoms with Crippen LogP contribution >= 0.6 is 23.2 Å². The fourth-order valence-electron chi connectivity index (χ4n) is 0.866. The number of carbonyl (C=O) groups excluding carboxylic acids is 1. The van der Waals surface area contributed by atoms with Crippen LogP contribution in [0.4, 0.5) is 4.79 Å². The lowest BCUT2D eigenvalue weighted by Gasteiger charge is -2.04. The van der Waals surface area contributed by atoms with Crippen LogP contribution < -0.4 is 15.9 Å². The van der Waals surface area contributed by atoms with Crippen LogP contribution in [0.3, 0.4) is 0 Å². The van der Waals surface area contributed by atoms with Crippen molar-refractivity contribution in [3.05, 3.63) is 28.2 Å². The zero-order valence-corrected chi connectivity index (χ0v) is 9.63. The maximum Gasteiger partial charge on any atom is 0.332 e. The SMILES string of the molecule is NC(=O)NN=CCOc1ccc(Cl)cc1Cl. The van der Waals surface area contributed by atoms with Gasteiger partial charge in [0, 0.05) is 5.02 Å². The fourth-order valence-corrected chi connectivity index (χ4v) is 1.33. The molecular weight excluding hydrogens is 253 g/mol. The largest absolute Gasteiger partial charge is 0.486 e. The van der Waals surface area contributed by atoms with Gasteiger partial charge in [-0.15, -0.1) is 0 Å². The second kappa shape index (κ2) is 6.19. The van der Waals surface area contributed by atoms with E-state index in [0.29, 0.717) is 15.8 Å². The Balaban J connectivity index is 2.43. The summed E-state index contributed by atoms with van der Waals surface area (Å²) in [5.74, 6) is 0.483. The number of primary amides is 1.